The van der Waals surface area contributed by atoms with Crippen LogP contribution < -0.4 is 10.1 Å². The summed E-state index contributed by atoms with van der Waals surface area (Å²) in [4.78, 5) is 12.5. The molecule has 0 aromatic heterocycles. The number of aryl methyl sites for hydroxylation is 1. The van der Waals surface area contributed by atoms with E-state index in [2.05, 4.69) is 5.32 Å². The number of ether oxygens (including phenoxy) is 1. The molecule has 0 saturated heterocycles. The first-order valence-corrected chi connectivity index (χ1v) is 8.44. The van der Waals surface area contributed by atoms with E-state index < -0.39 is 0 Å². The molecule has 3 aromatic rings. The third kappa shape index (κ3) is 4.49. The van der Waals surface area contributed by atoms with Crippen LogP contribution in [0.4, 0.5) is 5.69 Å². The lowest BCUT2D eigenvalue weighted by Crippen LogP contribution is -2.13. The molecule has 26 heavy (non-hydrogen) atoms. The predicted octanol–water partition coefficient (Wildman–Crippen LogP) is 4.32. The van der Waals surface area contributed by atoms with Gasteiger partial charge in [-0.05, 0) is 53.9 Å². The zero-order valence-corrected chi connectivity index (χ0v) is 14.6. The Morgan fingerprint density at radius 1 is 0.962 bits per heavy atom. The van der Waals surface area contributed by atoms with Crippen molar-refractivity contribution in [2.75, 3.05) is 5.32 Å². The Bertz CT molecular complexity index is 874. The monoisotopic (exact) mass is 347 g/mol. The summed E-state index contributed by atoms with van der Waals surface area (Å²) in [5.41, 5.74) is 3.98. The van der Waals surface area contributed by atoms with Gasteiger partial charge < -0.3 is 15.2 Å². The second-order valence-corrected chi connectivity index (χ2v) is 6.06. The predicted molar refractivity (Wildman–Crippen MR) is 102 cm³/mol. The van der Waals surface area contributed by atoms with E-state index in [-0.39, 0.29) is 12.5 Å². The van der Waals surface area contributed by atoms with E-state index in [1.54, 1.807) is 18.2 Å². The quantitative estimate of drug-likeness (QED) is 0.698. The van der Waals surface area contributed by atoms with Crippen molar-refractivity contribution in [3.63, 3.8) is 0 Å². The maximum absolute atomic E-state index is 12.5. The molecule has 0 saturated carbocycles. The molecule has 0 aliphatic heterocycles. The van der Waals surface area contributed by atoms with Crippen LogP contribution in [-0.2, 0) is 13.2 Å². The number of carbonyl (C=O) groups is 1. The van der Waals surface area contributed by atoms with Crippen molar-refractivity contribution in [1.29, 1.82) is 0 Å². The van der Waals surface area contributed by atoms with Crippen molar-refractivity contribution < 1.29 is 14.6 Å². The molecule has 2 N–H and O–H groups in total. The SMILES string of the molecule is Cc1ccc(CO)cc1NC(=O)c1ccc(COc2ccccc2)cc1. The highest BCUT2D eigenvalue weighted by atomic mass is 16.5. The minimum atomic E-state index is -0.182. The number of para-hydroxylation sites is 1. The van der Waals surface area contributed by atoms with Crippen molar-refractivity contribution in [3.05, 3.63) is 95.1 Å². The van der Waals surface area contributed by atoms with E-state index in [9.17, 15) is 9.90 Å². The maximum atomic E-state index is 12.5. The minimum absolute atomic E-state index is 0.0563. The van der Waals surface area contributed by atoms with Gasteiger partial charge in [0.25, 0.3) is 5.91 Å². The first-order valence-electron chi connectivity index (χ1n) is 8.44. The molecule has 0 spiro atoms. The lowest BCUT2D eigenvalue weighted by molar-refractivity contribution is 0.102. The Morgan fingerprint density at radius 3 is 2.35 bits per heavy atom. The zero-order valence-electron chi connectivity index (χ0n) is 14.6. The molecule has 132 valence electrons. The van der Waals surface area contributed by atoms with Gasteiger partial charge >= 0.3 is 0 Å². The summed E-state index contributed by atoms with van der Waals surface area (Å²) in [7, 11) is 0. The number of rotatable bonds is 6. The number of hydrogen-bond acceptors (Lipinski definition) is 3. The standard InChI is InChI=1S/C22H21NO3/c1-16-7-8-18(14-24)13-21(16)23-22(25)19-11-9-17(10-12-19)15-26-20-5-3-2-4-6-20/h2-13,24H,14-15H2,1H3,(H,23,25). The lowest BCUT2D eigenvalue weighted by Gasteiger charge is -2.11. The highest BCUT2D eigenvalue weighted by Gasteiger charge is 2.08. The van der Waals surface area contributed by atoms with Gasteiger partial charge in [-0.15, -0.1) is 0 Å². The van der Waals surface area contributed by atoms with Gasteiger partial charge in [-0.1, -0.05) is 42.5 Å². The van der Waals surface area contributed by atoms with Gasteiger partial charge in [-0.25, -0.2) is 0 Å². The summed E-state index contributed by atoms with van der Waals surface area (Å²) in [6, 6.07) is 22.5. The largest absolute Gasteiger partial charge is 0.489 e. The van der Waals surface area contributed by atoms with Gasteiger partial charge in [0, 0.05) is 11.3 Å². The molecule has 0 aliphatic rings. The lowest BCUT2D eigenvalue weighted by atomic mass is 10.1. The molecule has 3 aromatic carbocycles. The highest BCUT2D eigenvalue weighted by Crippen LogP contribution is 2.18. The van der Waals surface area contributed by atoms with Crippen molar-refractivity contribution in [2.45, 2.75) is 20.1 Å². The number of hydrogen-bond donors (Lipinski definition) is 2. The van der Waals surface area contributed by atoms with Crippen molar-refractivity contribution >= 4 is 11.6 Å². The third-order valence-corrected chi connectivity index (χ3v) is 4.10. The fourth-order valence-electron chi connectivity index (χ4n) is 2.53. The van der Waals surface area contributed by atoms with E-state index in [1.165, 1.54) is 0 Å². The van der Waals surface area contributed by atoms with Crippen LogP contribution in [0.3, 0.4) is 0 Å². The normalized spacial score (nSPS) is 10.4. The van der Waals surface area contributed by atoms with Crippen LogP contribution in [0.1, 0.15) is 27.0 Å². The maximum Gasteiger partial charge on any atom is 0.255 e. The van der Waals surface area contributed by atoms with E-state index in [0.717, 1.165) is 22.4 Å². The molecule has 0 bridgehead atoms. The minimum Gasteiger partial charge on any atom is -0.489 e. The summed E-state index contributed by atoms with van der Waals surface area (Å²) >= 11 is 0. The summed E-state index contributed by atoms with van der Waals surface area (Å²) in [6.45, 7) is 2.31. The highest BCUT2D eigenvalue weighted by molar-refractivity contribution is 6.04. The third-order valence-electron chi connectivity index (χ3n) is 4.10. The molecule has 0 aliphatic carbocycles. The fraction of sp³-hybridized carbons (Fsp3) is 0.136. The van der Waals surface area contributed by atoms with Crippen molar-refractivity contribution in [3.8, 4) is 5.75 Å². The molecule has 1 amide bonds. The molecule has 4 heteroatoms. The van der Waals surface area contributed by atoms with Crippen LogP contribution in [0, 0.1) is 6.92 Å². The Hall–Kier alpha value is -3.11. The topological polar surface area (TPSA) is 58.6 Å². The Morgan fingerprint density at radius 2 is 1.65 bits per heavy atom. The molecule has 0 atom stereocenters. The van der Waals surface area contributed by atoms with Gasteiger partial charge in [-0.3, -0.25) is 4.79 Å². The molecule has 3 rings (SSSR count). The number of aliphatic hydroxyl groups is 1. The number of aliphatic hydroxyl groups excluding tert-OH is 1. The van der Waals surface area contributed by atoms with E-state index in [1.807, 2.05) is 61.5 Å². The van der Waals surface area contributed by atoms with Crippen LogP contribution in [-0.4, -0.2) is 11.0 Å². The molecular weight excluding hydrogens is 326 g/mol. The Labute approximate surface area is 153 Å². The zero-order chi connectivity index (χ0) is 18.4. The first-order chi connectivity index (χ1) is 12.7. The number of amides is 1. The van der Waals surface area contributed by atoms with E-state index in [4.69, 9.17) is 4.74 Å². The van der Waals surface area contributed by atoms with Crippen molar-refractivity contribution in [2.24, 2.45) is 0 Å². The van der Waals surface area contributed by atoms with E-state index >= 15 is 0 Å². The van der Waals surface area contributed by atoms with Gasteiger partial charge in [0.15, 0.2) is 0 Å². The molecule has 0 radical (unpaired) electrons. The molecule has 4 nitrogen and oxygen atoms in total. The van der Waals surface area contributed by atoms with Gasteiger partial charge in [-0.2, -0.15) is 0 Å². The molecule has 0 heterocycles. The molecular formula is C22H21NO3. The average molecular weight is 347 g/mol. The van der Waals surface area contributed by atoms with Crippen molar-refractivity contribution in [1.82, 2.24) is 0 Å². The van der Waals surface area contributed by atoms with Crippen LogP contribution in [0.5, 0.6) is 5.75 Å². The Kier molecular flexibility index (Phi) is 5.66. The first kappa shape index (κ1) is 17.7. The smallest absolute Gasteiger partial charge is 0.255 e. The number of anilines is 1. The fourth-order valence-corrected chi connectivity index (χ4v) is 2.53. The second kappa shape index (κ2) is 8.32. The summed E-state index contributed by atoms with van der Waals surface area (Å²) in [6.07, 6.45) is 0. The summed E-state index contributed by atoms with van der Waals surface area (Å²) in [5.74, 6) is 0.632. The number of nitrogens with one attached hydrogen (secondary N) is 1. The second-order valence-electron chi connectivity index (χ2n) is 6.06. The van der Waals surface area contributed by atoms with Crippen LogP contribution in [0.25, 0.3) is 0 Å². The van der Waals surface area contributed by atoms with Gasteiger partial charge in [0.2, 0.25) is 0 Å². The van der Waals surface area contributed by atoms with Gasteiger partial charge in [0.05, 0.1) is 6.61 Å². The summed E-state index contributed by atoms with van der Waals surface area (Å²) in [5, 5.41) is 12.1. The Balaban J connectivity index is 1.63. The number of benzene rings is 3. The molecule has 0 unspecified atom stereocenters. The van der Waals surface area contributed by atoms with Crippen LogP contribution >= 0.6 is 0 Å². The van der Waals surface area contributed by atoms with Crippen LogP contribution in [0.15, 0.2) is 72.8 Å². The average Bonchev–Trinajstić information content (AvgIpc) is 2.69. The number of carbonyl (C=O) groups excluding carboxylic acids is 1. The van der Waals surface area contributed by atoms with Crippen LogP contribution in [0.2, 0.25) is 0 Å². The van der Waals surface area contributed by atoms with Gasteiger partial charge in [0.1, 0.15) is 12.4 Å². The summed E-state index contributed by atoms with van der Waals surface area (Å²) < 4.78 is 5.71. The van der Waals surface area contributed by atoms with E-state index in [0.29, 0.717) is 17.9 Å². The molecule has 0 fully saturated rings.